The standard InChI is InChI=1S/C20H19NO3/c1-13(24-18-9-6-14(12-21)10-19(18)23-2)20(22)17-8-7-15-4-3-5-16(15)11-17/h6-11,13H,3-5H2,1-2H3. The quantitative estimate of drug-likeness (QED) is 0.788. The van der Waals surface area contributed by atoms with E-state index in [1.54, 1.807) is 25.1 Å². The highest BCUT2D eigenvalue weighted by Gasteiger charge is 2.21. The molecular formula is C20H19NO3. The summed E-state index contributed by atoms with van der Waals surface area (Å²) < 4.78 is 11.0. The maximum Gasteiger partial charge on any atom is 0.203 e. The van der Waals surface area contributed by atoms with E-state index in [0.29, 0.717) is 22.6 Å². The number of ether oxygens (including phenoxy) is 2. The van der Waals surface area contributed by atoms with Crippen molar-refractivity contribution >= 4 is 5.78 Å². The first kappa shape index (κ1) is 16.1. The van der Waals surface area contributed by atoms with Crippen molar-refractivity contribution in [3.8, 4) is 17.6 Å². The number of Topliss-reactive ketones (excluding diaryl/α,β-unsaturated/α-hetero) is 1. The van der Waals surface area contributed by atoms with E-state index in [9.17, 15) is 4.79 Å². The number of carbonyl (C=O) groups is 1. The van der Waals surface area contributed by atoms with Gasteiger partial charge in [-0.25, -0.2) is 0 Å². The number of ketones is 1. The lowest BCUT2D eigenvalue weighted by Crippen LogP contribution is -2.24. The second-order valence-electron chi connectivity index (χ2n) is 5.94. The molecule has 0 heterocycles. The van der Waals surface area contributed by atoms with Crippen molar-refractivity contribution in [2.24, 2.45) is 0 Å². The third-order valence-corrected chi connectivity index (χ3v) is 4.35. The van der Waals surface area contributed by atoms with Gasteiger partial charge >= 0.3 is 0 Å². The maximum atomic E-state index is 12.7. The van der Waals surface area contributed by atoms with Crippen LogP contribution < -0.4 is 9.47 Å². The molecule has 0 spiro atoms. The van der Waals surface area contributed by atoms with Gasteiger partial charge in [-0.15, -0.1) is 0 Å². The zero-order valence-corrected chi connectivity index (χ0v) is 13.8. The fraction of sp³-hybridized carbons (Fsp3) is 0.300. The van der Waals surface area contributed by atoms with E-state index < -0.39 is 6.10 Å². The molecule has 122 valence electrons. The van der Waals surface area contributed by atoms with E-state index in [4.69, 9.17) is 14.7 Å². The predicted octanol–water partition coefficient (Wildman–Crippen LogP) is 3.71. The molecule has 1 aliphatic rings. The van der Waals surface area contributed by atoms with Gasteiger partial charge in [-0.1, -0.05) is 12.1 Å². The molecule has 1 atom stereocenters. The molecule has 4 heteroatoms. The Morgan fingerprint density at radius 1 is 1.12 bits per heavy atom. The van der Waals surface area contributed by atoms with E-state index in [1.165, 1.54) is 18.2 Å². The van der Waals surface area contributed by atoms with E-state index >= 15 is 0 Å². The molecule has 0 aromatic heterocycles. The fourth-order valence-corrected chi connectivity index (χ4v) is 3.04. The number of hydrogen-bond acceptors (Lipinski definition) is 4. The predicted molar refractivity (Wildman–Crippen MR) is 90.6 cm³/mol. The van der Waals surface area contributed by atoms with Gasteiger partial charge in [0, 0.05) is 11.6 Å². The van der Waals surface area contributed by atoms with Crippen LogP contribution in [-0.2, 0) is 12.8 Å². The van der Waals surface area contributed by atoms with Gasteiger partial charge in [0.05, 0.1) is 18.7 Å². The summed E-state index contributed by atoms with van der Waals surface area (Å²) in [6.45, 7) is 1.73. The number of aryl methyl sites for hydroxylation is 2. The number of nitriles is 1. The Labute approximate surface area is 141 Å². The Kier molecular flexibility index (Phi) is 4.52. The molecule has 4 nitrogen and oxygen atoms in total. The van der Waals surface area contributed by atoms with Crippen LogP contribution >= 0.6 is 0 Å². The molecule has 0 saturated heterocycles. The largest absolute Gasteiger partial charge is 0.493 e. The molecule has 0 saturated carbocycles. The molecule has 3 rings (SSSR count). The molecule has 1 aliphatic carbocycles. The number of carbonyl (C=O) groups excluding carboxylic acids is 1. The normalized spacial score (nSPS) is 13.7. The molecule has 0 amide bonds. The number of nitrogens with zero attached hydrogens (tertiary/aromatic N) is 1. The minimum atomic E-state index is -0.633. The SMILES string of the molecule is COc1cc(C#N)ccc1OC(C)C(=O)c1ccc2c(c1)CCC2. The summed E-state index contributed by atoms with van der Waals surface area (Å²) in [4.78, 5) is 12.7. The highest BCUT2D eigenvalue weighted by Crippen LogP contribution is 2.29. The minimum Gasteiger partial charge on any atom is -0.493 e. The van der Waals surface area contributed by atoms with Crippen molar-refractivity contribution in [3.05, 3.63) is 58.7 Å². The molecule has 2 aromatic rings. The molecule has 0 radical (unpaired) electrons. The lowest BCUT2D eigenvalue weighted by Gasteiger charge is -2.16. The molecular weight excluding hydrogens is 302 g/mol. The van der Waals surface area contributed by atoms with Gasteiger partial charge in [-0.2, -0.15) is 5.26 Å². The summed E-state index contributed by atoms with van der Waals surface area (Å²) in [5, 5.41) is 8.94. The van der Waals surface area contributed by atoms with Gasteiger partial charge in [0.1, 0.15) is 0 Å². The van der Waals surface area contributed by atoms with Gasteiger partial charge in [0.15, 0.2) is 17.6 Å². The second-order valence-corrected chi connectivity index (χ2v) is 5.94. The van der Waals surface area contributed by atoms with Crippen LogP contribution in [0.15, 0.2) is 36.4 Å². The van der Waals surface area contributed by atoms with Crippen molar-refractivity contribution in [1.82, 2.24) is 0 Å². The zero-order chi connectivity index (χ0) is 17.1. The summed E-state index contributed by atoms with van der Waals surface area (Å²) in [5.41, 5.74) is 3.77. The summed E-state index contributed by atoms with van der Waals surface area (Å²) in [6, 6.07) is 12.9. The first-order valence-corrected chi connectivity index (χ1v) is 8.03. The number of benzene rings is 2. The van der Waals surface area contributed by atoms with Crippen molar-refractivity contribution in [2.45, 2.75) is 32.3 Å². The third-order valence-electron chi connectivity index (χ3n) is 4.35. The second kappa shape index (κ2) is 6.76. The lowest BCUT2D eigenvalue weighted by molar-refractivity contribution is 0.0814. The summed E-state index contributed by atoms with van der Waals surface area (Å²) in [7, 11) is 1.51. The van der Waals surface area contributed by atoms with Crippen LogP contribution in [0, 0.1) is 11.3 Å². The van der Waals surface area contributed by atoms with E-state index in [-0.39, 0.29) is 5.78 Å². The highest BCUT2D eigenvalue weighted by atomic mass is 16.5. The van der Waals surface area contributed by atoms with Crippen LogP contribution in [0.2, 0.25) is 0 Å². The van der Waals surface area contributed by atoms with E-state index in [2.05, 4.69) is 6.07 Å². The Morgan fingerprint density at radius 2 is 1.92 bits per heavy atom. The molecule has 0 fully saturated rings. The van der Waals surface area contributed by atoms with Crippen molar-refractivity contribution < 1.29 is 14.3 Å². The van der Waals surface area contributed by atoms with Crippen LogP contribution in [0.4, 0.5) is 0 Å². The van der Waals surface area contributed by atoms with Crippen LogP contribution in [0.5, 0.6) is 11.5 Å². The Bertz CT molecular complexity index is 820. The smallest absolute Gasteiger partial charge is 0.203 e. The monoisotopic (exact) mass is 321 g/mol. The Balaban J connectivity index is 1.78. The molecule has 0 bridgehead atoms. The summed E-state index contributed by atoms with van der Waals surface area (Å²) >= 11 is 0. The molecule has 0 aliphatic heterocycles. The van der Waals surface area contributed by atoms with E-state index in [1.807, 2.05) is 18.2 Å². The van der Waals surface area contributed by atoms with Crippen LogP contribution in [0.3, 0.4) is 0 Å². The van der Waals surface area contributed by atoms with Crippen molar-refractivity contribution in [2.75, 3.05) is 7.11 Å². The average Bonchev–Trinajstić information content (AvgIpc) is 3.08. The lowest BCUT2D eigenvalue weighted by atomic mass is 10.0. The first-order valence-electron chi connectivity index (χ1n) is 8.03. The van der Waals surface area contributed by atoms with Gasteiger partial charge < -0.3 is 9.47 Å². The van der Waals surface area contributed by atoms with Crippen LogP contribution in [-0.4, -0.2) is 19.0 Å². The van der Waals surface area contributed by atoms with Gasteiger partial charge in [-0.3, -0.25) is 4.79 Å². The van der Waals surface area contributed by atoms with Gasteiger partial charge in [0.2, 0.25) is 5.78 Å². The molecule has 1 unspecified atom stereocenters. The number of rotatable bonds is 5. The molecule has 24 heavy (non-hydrogen) atoms. The molecule has 2 aromatic carbocycles. The number of hydrogen-bond donors (Lipinski definition) is 0. The number of fused-ring (bicyclic) bond motifs is 1. The summed E-state index contributed by atoms with van der Waals surface area (Å²) in [6.07, 6.45) is 2.65. The van der Waals surface area contributed by atoms with Gasteiger partial charge in [0.25, 0.3) is 0 Å². The van der Waals surface area contributed by atoms with Crippen LogP contribution in [0.1, 0.15) is 40.4 Å². The van der Waals surface area contributed by atoms with Crippen molar-refractivity contribution in [3.63, 3.8) is 0 Å². The van der Waals surface area contributed by atoms with Crippen molar-refractivity contribution in [1.29, 1.82) is 5.26 Å². The minimum absolute atomic E-state index is 0.0592. The Hall–Kier alpha value is -2.80. The first-order chi connectivity index (χ1) is 11.6. The summed E-state index contributed by atoms with van der Waals surface area (Å²) in [5.74, 6) is 0.845. The highest BCUT2D eigenvalue weighted by molar-refractivity contribution is 5.99. The van der Waals surface area contributed by atoms with Gasteiger partial charge in [-0.05, 0) is 55.5 Å². The Morgan fingerprint density at radius 3 is 2.67 bits per heavy atom. The topological polar surface area (TPSA) is 59.3 Å². The maximum absolute atomic E-state index is 12.7. The third kappa shape index (κ3) is 3.11. The van der Waals surface area contributed by atoms with Crippen LogP contribution in [0.25, 0.3) is 0 Å². The fourth-order valence-electron chi connectivity index (χ4n) is 3.04. The number of methoxy groups -OCH3 is 1. The van der Waals surface area contributed by atoms with E-state index in [0.717, 1.165) is 19.3 Å². The zero-order valence-electron chi connectivity index (χ0n) is 13.8. The average molecular weight is 321 g/mol. The molecule has 0 N–H and O–H groups in total.